The Morgan fingerprint density at radius 3 is 2.37 bits per heavy atom. The Morgan fingerprint density at radius 2 is 1.65 bits per heavy atom. The fourth-order valence-corrected chi connectivity index (χ4v) is 6.02. The first-order valence-corrected chi connectivity index (χ1v) is 15.2. The van der Waals surface area contributed by atoms with Crippen molar-refractivity contribution in [1.29, 1.82) is 0 Å². The number of nitrogens with zero attached hydrogens (tertiary/aromatic N) is 6. The normalized spacial score (nSPS) is 13.8. The van der Waals surface area contributed by atoms with Crippen molar-refractivity contribution in [2.24, 2.45) is 0 Å². The molecule has 7 rings (SSSR count). The van der Waals surface area contributed by atoms with Gasteiger partial charge in [-0.15, -0.1) is 0 Å². The molecule has 1 aliphatic rings. The number of ether oxygens (including phenoxy) is 4. The number of benzene rings is 3. The summed E-state index contributed by atoms with van der Waals surface area (Å²) in [5, 5.41) is 3.63. The van der Waals surface area contributed by atoms with E-state index in [4.69, 9.17) is 28.9 Å². The first-order valence-electron chi connectivity index (χ1n) is 15.2. The summed E-state index contributed by atoms with van der Waals surface area (Å²) in [6.45, 7) is 8.45. The average Bonchev–Trinajstić information content (AvgIpc) is 3.46. The minimum atomic E-state index is -0.247. The number of para-hydroxylation sites is 3. The summed E-state index contributed by atoms with van der Waals surface area (Å²) in [4.78, 5) is 30.7. The van der Waals surface area contributed by atoms with Crippen LogP contribution in [0.4, 0.5) is 11.6 Å². The SMILES string of the molecule is COc1cc(Nc2ncc3c(=O)n(-c4c(C)cccc4C)c4nc5ccccc5n4c3n2)cc(OC)c1OCCN1CCOCC1. The highest BCUT2D eigenvalue weighted by Gasteiger charge is 2.21. The Kier molecular flexibility index (Phi) is 7.89. The molecule has 1 fully saturated rings. The van der Waals surface area contributed by atoms with E-state index in [1.165, 1.54) is 0 Å². The van der Waals surface area contributed by atoms with Crippen LogP contribution in [0, 0.1) is 13.8 Å². The Hall–Kier alpha value is -5.20. The number of hydrogen-bond acceptors (Lipinski definition) is 10. The number of fused-ring (bicyclic) bond motifs is 5. The summed E-state index contributed by atoms with van der Waals surface area (Å²) in [5.41, 5.74) is 5.12. The van der Waals surface area contributed by atoms with Gasteiger partial charge in [-0.2, -0.15) is 4.98 Å². The number of methoxy groups -OCH3 is 2. The summed E-state index contributed by atoms with van der Waals surface area (Å²) >= 11 is 0. The van der Waals surface area contributed by atoms with Crippen LogP contribution >= 0.6 is 0 Å². The van der Waals surface area contributed by atoms with Crippen LogP contribution < -0.4 is 25.1 Å². The fourth-order valence-electron chi connectivity index (χ4n) is 6.02. The van der Waals surface area contributed by atoms with Crippen LogP contribution in [-0.2, 0) is 4.74 Å². The van der Waals surface area contributed by atoms with Crippen molar-refractivity contribution in [1.82, 2.24) is 28.8 Å². The molecule has 0 saturated carbocycles. The topological polar surface area (TPSA) is 117 Å². The average molecular weight is 622 g/mol. The second-order valence-corrected chi connectivity index (χ2v) is 11.2. The molecule has 0 aliphatic carbocycles. The van der Waals surface area contributed by atoms with Gasteiger partial charge in [0.2, 0.25) is 17.5 Å². The number of imidazole rings is 1. The molecular weight excluding hydrogens is 586 g/mol. The number of hydrogen-bond donors (Lipinski definition) is 1. The fraction of sp³-hybridized carbons (Fsp3) is 0.294. The lowest BCUT2D eigenvalue weighted by Crippen LogP contribution is -2.38. The largest absolute Gasteiger partial charge is 0.493 e. The molecule has 3 aromatic carbocycles. The van der Waals surface area contributed by atoms with Gasteiger partial charge in [0.25, 0.3) is 5.56 Å². The molecule has 1 N–H and O–H groups in total. The van der Waals surface area contributed by atoms with Gasteiger partial charge in [-0.1, -0.05) is 30.3 Å². The predicted molar refractivity (Wildman–Crippen MR) is 176 cm³/mol. The number of aromatic nitrogens is 5. The standard InChI is InChI=1S/C34H35N7O5/c1-21-8-7-9-22(2)29(21)41-32(42)24-20-35-33(38-31(24)40-26-11-6-5-10-25(26)37-34(40)41)36-23-18-27(43-3)30(28(19-23)44-4)46-17-14-39-12-15-45-16-13-39/h5-11,18-20H,12-17H2,1-4H3,(H,35,36,38). The molecule has 46 heavy (non-hydrogen) atoms. The Labute approximate surface area is 265 Å². The zero-order valence-electron chi connectivity index (χ0n) is 26.2. The van der Waals surface area contributed by atoms with Crippen molar-refractivity contribution in [2.75, 3.05) is 59.0 Å². The van der Waals surface area contributed by atoms with E-state index in [2.05, 4.69) is 15.2 Å². The molecule has 1 aliphatic heterocycles. The summed E-state index contributed by atoms with van der Waals surface area (Å²) < 4.78 is 26.5. The second-order valence-electron chi connectivity index (χ2n) is 11.2. The van der Waals surface area contributed by atoms with Crippen LogP contribution in [0.2, 0.25) is 0 Å². The Morgan fingerprint density at radius 1 is 0.935 bits per heavy atom. The zero-order chi connectivity index (χ0) is 31.8. The van der Waals surface area contributed by atoms with Crippen LogP contribution in [-0.4, -0.2) is 82.5 Å². The van der Waals surface area contributed by atoms with E-state index in [-0.39, 0.29) is 5.56 Å². The molecule has 0 spiro atoms. The van der Waals surface area contributed by atoms with Gasteiger partial charge in [0.05, 0.1) is 44.2 Å². The maximum atomic E-state index is 14.1. The highest BCUT2D eigenvalue weighted by Crippen LogP contribution is 2.41. The minimum Gasteiger partial charge on any atom is -0.493 e. The molecule has 236 valence electrons. The van der Waals surface area contributed by atoms with E-state index in [0.717, 1.165) is 60.7 Å². The van der Waals surface area contributed by atoms with Crippen molar-refractivity contribution < 1.29 is 18.9 Å². The molecule has 1 saturated heterocycles. The third kappa shape index (κ3) is 5.25. The quantitative estimate of drug-likeness (QED) is 0.244. The molecule has 0 unspecified atom stereocenters. The molecule has 12 heteroatoms. The number of aryl methyl sites for hydroxylation is 2. The summed E-state index contributed by atoms with van der Waals surface area (Å²) in [5.74, 6) is 2.29. The van der Waals surface area contributed by atoms with Crippen LogP contribution in [0.3, 0.4) is 0 Å². The van der Waals surface area contributed by atoms with Gasteiger partial charge in [0.1, 0.15) is 12.0 Å². The van der Waals surface area contributed by atoms with Gasteiger partial charge in [-0.25, -0.2) is 14.5 Å². The molecule has 4 heterocycles. The molecule has 12 nitrogen and oxygen atoms in total. The smallest absolute Gasteiger partial charge is 0.270 e. The van der Waals surface area contributed by atoms with Crippen molar-refractivity contribution in [3.63, 3.8) is 0 Å². The molecule has 3 aromatic heterocycles. The lowest BCUT2D eigenvalue weighted by molar-refractivity contribution is 0.0319. The second kappa shape index (κ2) is 12.3. The van der Waals surface area contributed by atoms with Crippen molar-refractivity contribution in [3.8, 4) is 22.9 Å². The van der Waals surface area contributed by atoms with Gasteiger partial charge in [0, 0.05) is 43.7 Å². The van der Waals surface area contributed by atoms with Crippen molar-refractivity contribution >= 4 is 39.5 Å². The van der Waals surface area contributed by atoms with E-state index < -0.39 is 0 Å². The number of nitrogens with one attached hydrogen (secondary N) is 1. The van der Waals surface area contributed by atoms with E-state index in [9.17, 15) is 4.79 Å². The maximum absolute atomic E-state index is 14.1. The zero-order valence-corrected chi connectivity index (χ0v) is 26.2. The van der Waals surface area contributed by atoms with E-state index in [0.29, 0.717) is 52.3 Å². The summed E-state index contributed by atoms with van der Waals surface area (Å²) in [7, 11) is 3.17. The monoisotopic (exact) mass is 621 g/mol. The lowest BCUT2D eigenvalue weighted by Gasteiger charge is -2.26. The highest BCUT2D eigenvalue weighted by atomic mass is 16.5. The van der Waals surface area contributed by atoms with Gasteiger partial charge in [-0.05, 0) is 37.1 Å². The van der Waals surface area contributed by atoms with Crippen molar-refractivity contribution in [2.45, 2.75) is 13.8 Å². The summed E-state index contributed by atoms with van der Waals surface area (Å²) in [6, 6.07) is 17.3. The van der Waals surface area contributed by atoms with Crippen molar-refractivity contribution in [3.05, 3.63) is 82.3 Å². The third-order valence-electron chi connectivity index (χ3n) is 8.29. The van der Waals surface area contributed by atoms with Crippen LogP contribution in [0.15, 0.2) is 65.6 Å². The van der Waals surface area contributed by atoms with Gasteiger partial charge in [-0.3, -0.25) is 14.1 Å². The first-order chi connectivity index (χ1) is 22.5. The molecule has 0 amide bonds. The molecule has 0 radical (unpaired) electrons. The summed E-state index contributed by atoms with van der Waals surface area (Å²) in [6.07, 6.45) is 1.56. The van der Waals surface area contributed by atoms with E-state index in [1.807, 2.05) is 60.7 Å². The highest BCUT2D eigenvalue weighted by molar-refractivity contribution is 5.88. The predicted octanol–water partition coefficient (Wildman–Crippen LogP) is 4.67. The van der Waals surface area contributed by atoms with Gasteiger partial charge >= 0.3 is 0 Å². The van der Waals surface area contributed by atoms with Crippen LogP contribution in [0.1, 0.15) is 11.1 Å². The van der Waals surface area contributed by atoms with Gasteiger partial charge in [0.15, 0.2) is 17.1 Å². The van der Waals surface area contributed by atoms with E-state index >= 15 is 0 Å². The number of rotatable bonds is 9. The minimum absolute atomic E-state index is 0.247. The van der Waals surface area contributed by atoms with Crippen LogP contribution in [0.25, 0.3) is 33.5 Å². The maximum Gasteiger partial charge on any atom is 0.270 e. The third-order valence-corrected chi connectivity index (χ3v) is 8.29. The molecule has 6 aromatic rings. The number of anilines is 2. The Bertz CT molecular complexity index is 2090. The first kappa shape index (κ1) is 29.5. The van der Waals surface area contributed by atoms with Crippen LogP contribution in [0.5, 0.6) is 17.2 Å². The molecular formula is C34H35N7O5. The van der Waals surface area contributed by atoms with E-state index in [1.54, 1.807) is 37.1 Å². The molecule has 0 atom stereocenters. The lowest BCUT2D eigenvalue weighted by atomic mass is 10.1. The van der Waals surface area contributed by atoms with Gasteiger partial charge < -0.3 is 24.3 Å². The molecule has 0 bridgehead atoms. The Balaban J connectivity index is 1.29. The number of morpholine rings is 1.